The largest absolute Gasteiger partial charge is 0.352 e. The number of hydrogen-bond acceptors (Lipinski definition) is 4. The highest BCUT2D eigenvalue weighted by Crippen LogP contribution is 2.27. The molecule has 5 heteroatoms. The SMILES string of the molecule is N#Cc1ccc(N2CCNC(=O)C2c2ccccc2)nc1. The predicted molar refractivity (Wildman–Crippen MR) is 78.5 cm³/mol. The number of carbonyl (C=O) groups is 1. The maximum Gasteiger partial charge on any atom is 0.247 e. The zero-order valence-electron chi connectivity index (χ0n) is 11.4. The Hall–Kier alpha value is -2.87. The third-order valence-electron chi connectivity index (χ3n) is 3.50. The van der Waals surface area contributed by atoms with Gasteiger partial charge in [-0.3, -0.25) is 4.79 Å². The van der Waals surface area contributed by atoms with Gasteiger partial charge < -0.3 is 10.2 Å². The van der Waals surface area contributed by atoms with Crippen LogP contribution in [0.1, 0.15) is 17.2 Å². The molecule has 104 valence electrons. The van der Waals surface area contributed by atoms with E-state index in [1.54, 1.807) is 12.1 Å². The van der Waals surface area contributed by atoms with Crippen molar-refractivity contribution in [3.63, 3.8) is 0 Å². The lowest BCUT2D eigenvalue weighted by Gasteiger charge is -2.36. The van der Waals surface area contributed by atoms with Crippen LogP contribution in [0.25, 0.3) is 0 Å². The molecule has 1 amide bonds. The summed E-state index contributed by atoms with van der Waals surface area (Å²) in [5.41, 5.74) is 1.44. The average molecular weight is 278 g/mol. The van der Waals surface area contributed by atoms with Crippen LogP contribution in [-0.4, -0.2) is 24.0 Å². The van der Waals surface area contributed by atoms with Crippen LogP contribution in [0.15, 0.2) is 48.7 Å². The molecule has 3 rings (SSSR count). The van der Waals surface area contributed by atoms with Gasteiger partial charge in [0.15, 0.2) is 0 Å². The smallest absolute Gasteiger partial charge is 0.247 e. The quantitative estimate of drug-likeness (QED) is 0.906. The molecule has 1 aliphatic heterocycles. The number of benzene rings is 1. The van der Waals surface area contributed by atoms with E-state index < -0.39 is 0 Å². The van der Waals surface area contributed by atoms with Gasteiger partial charge >= 0.3 is 0 Å². The highest BCUT2D eigenvalue weighted by molar-refractivity contribution is 5.87. The van der Waals surface area contributed by atoms with Crippen LogP contribution < -0.4 is 10.2 Å². The Morgan fingerprint density at radius 3 is 2.71 bits per heavy atom. The van der Waals surface area contributed by atoms with E-state index in [1.807, 2.05) is 41.3 Å². The number of rotatable bonds is 2. The molecule has 1 saturated heterocycles. The summed E-state index contributed by atoms with van der Waals surface area (Å²) in [6.07, 6.45) is 1.53. The molecule has 0 spiro atoms. The van der Waals surface area contributed by atoms with Gasteiger partial charge in [0.1, 0.15) is 17.9 Å². The molecule has 1 fully saturated rings. The van der Waals surface area contributed by atoms with Gasteiger partial charge in [-0.15, -0.1) is 0 Å². The minimum absolute atomic E-state index is 0.0291. The Morgan fingerprint density at radius 1 is 1.24 bits per heavy atom. The molecule has 5 nitrogen and oxygen atoms in total. The van der Waals surface area contributed by atoms with E-state index in [0.29, 0.717) is 24.5 Å². The zero-order valence-corrected chi connectivity index (χ0v) is 11.4. The molecule has 1 aromatic carbocycles. The molecule has 0 aliphatic carbocycles. The number of carbonyl (C=O) groups excluding carboxylic acids is 1. The summed E-state index contributed by atoms with van der Waals surface area (Å²) < 4.78 is 0. The number of hydrogen-bond donors (Lipinski definition) is 1. The molecule has 2 aromatic rings. The Kier molecular flexibility index (Phi) is 3.52. The number of aromatic nitrogens is 1. The number of anilines is 1. The van der Waals surface area contributed by atoms with E-state index in [1.165, 1.54) is 6.20 Å². The molecule has 0 saturated carbocycles. The maximum atomic E-state index is 12.3. The van der Waals surface area contributed by atoms with Gasteiger partial charge in [-0.1, -0.05) is 30.3 Å². The number of nitrogens with one attached hydrogen (secondary N) is 1. The summed E-state index contributed by atoms with van der Waals surface area (Å²) in [5.74, 6) is 0.677. The Morgan fingerprint density at radius 2 is 2.05 bits per heavy atom. The number of nitriles is 1. The van der Waals surface area contributed by atoms with E-state index in [9.17, 15) is 4.79 Å². The van der Waals surface area contributed by atoms with Crippen LogP contribution >= 0.6 is 0 Å². The second-order valence-corrected chi connectivity index (χ2v) is 4.81. The number of nitrogens with zero attached hydrogens (tertiary/aromatic N) is 3. The van der Waals surface area contributed by atoms with Crippen LogP contribution in [0.4, 0.5) is 5.82 Å². The third kappa shape index (κ3) is 2.56. The van der Waals surface area contributed by atoms with Gasteiger partial charge in [-0.25, -0.2) is 4.98 Å². The van der Waals surface area contributed by atoms with Crippen LogP contribution in [0.2, 0.25) is 0 Å². The van der Waals surface area contributed by atoms with E-state index in [4.69, 9.17) is 5.26 Å². The van der Waals surface area contributed by atoms with Gasteiger partial charge in [0.05, 0.1) is 5.56 Å². The molecule has 1 aromatic heterocycles. The first kappa shape index (κ1) is 13.1. The van der Waals surface area contributed by atoms with Crippen molar-refractivity contribution in [3.05, 3.63) is 59.8 Å². The molecule has 1 N–H and O–H groups in total. The van der Waals surface area contributed by atoms with Crippen molar-refractivity contribution in [2.24, 2.45) is 0 Å². The first-order valence-electron chi connectivity index (χ1n) is 6.75. The lowest BCUT2D eigenvalue weighted by Crippen LogP contribution is -2.50. The lowest BCUT2D eigenvalue weighted by molar-refractivity contribution is -0.123. The highest BCUT2D eigenvalue weighted by atomic mass is 16.2. The van der Waals surface area contributed by atoms with E-state index in [-0.39, 0.29) is 11.9 Å². The Labute approximate surface area is 122 Å². The van der Waals surface area contributed by atoms with Crippen LogP contribution in [0.5, 0.6) is 0 Å². The van der Waals surface area contributed by atoms with Gasteiger partial charge in [0, 0.05) is 19.3 Å². The summed E-state index contributed by atoms with van der Waals surface area (Å²) in [6.45, 7) is 1.27. The lowest BCUT2D eigenvalue weighted by atomic mass is 10.0. The van der Waals surface area contributed by atoms with Crippen molar-refractivity contribution < 1.29 is 4.79 Å². The normalized spacial score (nSPS) is 18.0. The fraction of sp³-hybridized carbons (Fsp3) is 0.188. The summed E-state index contributed by atoms with van der Waals surface area (Å²) in [7, 11) is 0. The van der Waals surface area contributed by atoms with Gasteiger partial charge in [-0.05, 0) is 17.7 Å². The Balaban J connectivity index is 1.97. The number of piperazine rings is 1. The average Bonchev–Trinajstić information content (AvgIpc) is 2.55. The summed E-state index contributed by atoms with van der Waals surface area (Å²) in [6, 6.07) is 14.8. The second kappa shape index (κ2) is 5.63. The van der Waals surface area contributed by atoms with Crippen molar-refractivity contribution in [2.45, 2.75) is 6.04 Å². The van der Waals surface area contributed by atoms with Crippen molar-refractivity contribution >= 4 is 11.7 Å². The number of amides is 1. The predicted octanol–water partition coefficient (Wildman–Crippen LogP) is 1.63. The monoisotopic (exact) mass is 278 g/mol. The molecule has 1 aliphatic rings. The molecule has 1 atom stereocenters. The fourth-order valence-electron chi connectivity index (χ4n) is 2.50. The van der Waals surface area contributed by atoms with E-state index in [0.717, 1.165) is 5.56 Å². The third-order valence-corrected chi connectivity index (χ3v) is 3.50. The maximum absolute atomic E-state index is 12.3. The minimum atomic E-state index is -0.389. The summed E-state index contributed by atoms with van der Waals surface area (Å²) in [4.78, 5) is 18.5. The molecule has 2 heterocycles. The van der Waals surface area contributed by atoms with Gasteiger partial charge in [-0.2, -0.15) is 5.26 Å². The van der Waals surface area contributed by atoms with Crippen LogP contribution in [-0.2, 0) is 4.79 Å². The minimum Gasteiger partial charge on any atom is -0.352 e. The standard InChI is InChI=1S/C16H14N4O/c17-10-12-6-7-14(19-11-12)20-9-8-18-16(21)15(20)13-4-2-1-3-5-13/h1-7,11,15H,8-9H2,(H,18,21). The van der Waals surface area contributed by atoms with Crippen molar-refractivity contribution in [3.8, 4) is 6.07 Å². The molecular formula is C16H14N4O. The van der Waals surface area contributed by atoms with Crippen molar-refractivity contribution in [1.82, 2.24) is 10.3 Å². The molecular weight excluding hydrogens is 264 g/mol. The summed E-state index contributed by atoms with van der Waals surface area (Å²) >= 11 is 0. The Bertz CT molecular complexity index is 676. The van der Waals surface area contributed by atoms with Crippen LogP contribution in [0, 0.1) is 11.3 Å². The molecule has 0 radical (unpaired) electrons. The highest BCUT2D eigenvalue weighted by Gasteiger charge is 2.31. The fourth-order valence-corrected chi connectivity index (χ4v) is 2.50. The van der Waals surface area contributed by atoms with Crippen LogP contribution in [0.3, 0.4) is 0 Å². The first-order chi connectivity index (χ1) is 10.3. The molecule has 1 unspecified atom stereocenters. The topological polar surface area (TPSA) is 69.0 Å². The second-order valence-electron chi connectivity index (χ2n) is 4.81. The molecule has 21 heavy (non-hydrogen) atoms. The number of pyridine rings is 1. The van der Waals surface area contributed by atoms with E-state index >= 15 is 0 Å². The van der Waals surface area contributed by atoms with Crippen molar-refractivity contribution in [1.29, 1.82) is 5.26 Å². The molecule has 0 bridgehead atoms. The first-order valence-corrected chi connectivity index (χ1v) is 6.75. The van der Waals surface area contributed by atoms with Gasteiger partial charge in [0.2, 0.25) is 5.91 Å². The van der Waals surface area contributed by atoms with Crippen molar-refractivity contribution in [2.75, 3.05) is 18.0 Å². The summed E-state index contributed by atoms with van der Waals surface area (Å²) in [5, 5.41) is 11.7. The van der Waals surface area contributed by atoms with E-state index in [2.05, 4.69) is 10.3 Å². The zero-order chi connectivity index (χ0) is 14.7. The van der Waals surface area contributed by atoms with Gasteiger partial charge in [0.25, 0.3) is 0 Å².